The number of allylic oxidation sites excluding steroid dienone is 2. The van der Waals surface area contributed by atoms with Gasteiger partial charge in [0.15, 0.2) is 5.78 Å². The van der Waals surface area contributed by atoms with E-state index in [1.807, 2.05) is 19.9 Å². The molecule has 1 aliphatic rings. The number of ether oxygens (including phenoxy) is 1. The van der Waals surface area contributed by atoms with E-state index >= 15 is 0 Å². The minimum atomic E-state index is -0.824. The van der Waals surface area contributed by atoms with Gasteiger partial charge in [0.05, 0.1) is 5.92 Å². The Morgan fingerprint density at radius 2 is 1.85 bits per heavy atom. The van der Waals surface area contributed by atoms with Crippen molar-refractivity contribution in [2.24, 2.45) is 0 Å². The SMILES string of the molecule is CC(C)=CCc1c(O)cc(O)c2c1OCC(c1ccc(O)cc1O)C2=O. The normalized spacial score (nSPS) is 15.9. The Balaban J connectivity index is 2.07. The molecule has 3 rings (SSSR count). The number of phenolic OH excluding ortho intramolecular Hbond substituents is 4. The van der Waals surface area contributed by atoms with Gasteiger partial charge in [-0.15, -0.1) is 0 Å². The van der Waals surface area contributed by atoms with Crippen LogP contribution in [0, 0.1) is 0 Å². The predicted molar refractivity (Wildman–Crippen MR) is 95.2 cm³/mol. The molecule has 2 aromatic rings. The Bertz CT molecular complexity index is 909. The van der Waals surface area contributed by atoms with Crippen molar-refractivity contribution in [3.63, 3.8) is 0 Å². The van der Waals surface area contributed by atoms with E-state index in [0.29, 0.717) is 17.5 Å². The maximum absolute atomic E-state index is 13.0. The highest BCUT2D eigenvalue weighted by Crippen LogP contribution is 2.45. The van der Waals surface area contributed by atoms with Crippen LogP contribution >= 0.6 is 0 Å². The van der Waals surface area contributed by atoms with Crippen molar-refractivity contribution in [1.82, 2.24) is 0 Å². The zero-order chi connectivity index (χ0) is 19.0. The zero-order valence-electron chi connectivity index (χ0n) is 14.5. The van der Waals surface area contributed by atoms with Crippen molar-refractivity contribution in [1.29, 1.82) is 0 Å². The summed E-state index contributed by atoms with van der Waals surface area (Å²) in [5.74, 6) is -1.92. The summed E-state index contributed by atoms with van der Waals surface area (Å²) in [6, 6.07) is 5.10. The third-order valence-corrected chi connectivity index (χ3v) is 4.40. The van der Waals surface area contributed by atoms with E-state index in [2.05, 4.69) is 0 Å². The quantitative estimate of drug-likeness (QED) is 0.628. The van der Waals surface area contributed by atoms with Gasteiger partial charge in [-0.3, -0.25) is 4.79 Å². The predicted octanol–water partition coefficient (Wildman–Crippen LogP) is 3.38. The fraction of sp³-hybridized carbons (Fsp3) is 0.250. The topological polar surface area (TPSA) is 107 Å². The molecule has 1 unspecified atom stereocenters. The summed E-state index contributed by atoms with van der Waals surface area (Å²) in [7, 11) is 0. The van der Waals surface area contributed by atoms with Crippen LogP contribution in [0.4, 0.5) is 0 Å². The van der Waals surface area contributed by atoms with Crippen molar-refractivity contribution < 1.29 is 30.0 Å². The summed E-state index contributed by atoms with van der Waals surface area (Å²) >= 11 is 0. The Morgan fingerprint density at radius 3 is 2.50 bits per heavy atom. The van der Waals surface area contributed by atoms with Crippen LogP contribution in [-0.4, -0.2) is 32.8 Å². The third-order valence-electron chi connectivity index (χ3n) is 4.40. The molecule has 0 saturated carbocycles. The minimum absolute atomic E-state index is 0.0105. The second-order valence-electron chi connectivity index (χ2n) is 6.55. The highest BCUT2D eigenvalue weighted by molar-refractivity contribution is 6.07. The van der Waals surface area contributed by atoms with Gasteiger partial charge in [0.1, 0.15) is 40.9 Å². The van der Waals surface area contributed by atoms with Gasteiger partial charge in [0.25, 0.3) is 0 Å². The Kier molecular flexibility index (Phi) is 4.50. The van der Waals surface area contributed by atoms with Crippen molar-refractivity contribution in [3.05, 3.63) is 52.6 Å². The van der Waals surface area contributed by atoms with E-state index in [9.17, 15) is 25.2 Å². The third kappa shape index (κ3) is 3.06. The summed E-state index contributed by atoms with van der Waals surface area (Å²) in [5.41, 5.74) is 1.77. The number of ketones is 1. The standard InChI is InChI=1S/C20H20O6/c1-10(2)3-5-13-16(23)8-17(24)18-19(25)14(9-26-20(13)18)12-6-4-11(21)7-15(12)22/h3-4,6-8,14,21-24H,5,9H2,1-2H3. The lowest BCUT2D eigenvalue weighted by Gasteiger charge is -2.27. The lowest BCUT2D eigenvalue weighted by molar-refractivity contribution is 0.0888. The molecule has 0 saturated heterocycles. The average molecular weight is 356 g/mol. The van der Waals surface area contributed by atoms with Gasteiger partial charge in [0.2, 0.25) is 0 Å². The maximum Gasteiger partial charge on any atom is 0.181 e. The molecule has 0 fully saturated rings. The van der Waals surface area contributed by atoms with Crippen LogP contribution in [0.5, 0.6) is 28.7 Å². The van der Waals surface area contributed by atoms with Crippen molar-refractivity contribution in [2.75, 3.05) is 6.61 Å². The summed E-state index contributed by atoms with van der Waals surface area (Å²) in [4.78, 5) is 13.0. The van der Waals surface area contributed by atoms with Crippen molar-refractivity contribution in [3.8, 4) is 28.7 Å². The van der Waals surface area contributed by atoms with Gasteiger partial charge in [-0.25, -0.2) is 0 Å². The van der Waals surface area contributed by atoms with E-state index in [1.165, 1.54) is 12.1 Å². The maximum atomic E-state index is 13.0. The molecule has 0 bridgehead atoms. The number of phenols is 4. The fourth-order valence-corrected chi connectivity index (χ4v) is 3.05. The summed E-state index contributed by atoms with van der Waals surface area (Å²) in [6.07, 6.45) is 2.25. The Hall–Kier alpha value is -3.15. The molecule has 0 radical (unpaired) electrons. The molecule has 26 heavy (non-hydrogen) atoms. The molecule has 1 aliphatic heterocycles. The summed E-state index contributed by atoms with van der Waals surface area (Å²) in [6.45, 7) is 3.79. The molecule has 0 spiro atoms. The van der Waals surface area contributed by atoms with Crippen molar-refractivity contribution in [2.45, 2.75) is 26.2 Å². The Morgan fingerprint density at radius 1 is 1.12 bits per heavy atom. The first-order valence-electron chi connectivity index (χ1n) is 8.19. The smallest absolute Gasteiger partial charge is 0.181 e. The average Bonchev–Trinajstić information content (AvgIpc) is 2.55. The van der Waals surface area contributed by atoms with Gasteiger partial charge < -0.3 is 25.2 Å². The molecule has 0 aromatic heterocycles. The van der Waals surface area contributed by atoms with Crippen LogP contribution in [0.1, 0.15) is 41.3 Å². The highest BCUT2D eigenvalue weighted by Gasteiger charge is 2.36. The lowest BCUT2D eigenvalue weighted by Crippen LogP contribution is -2.27. The molecule has 6 heteroatoms. The van der Waals surface area contributed by atoms with Gasteiger partial charge in [-0.1, -0.05) is 17.7 Å². The van der Waals surface area contributed by atoms with Crippen LogP contribution in [0.25, 0.3) is 0 Å². The lowest BCUT2D eigenvalue weighted by atomic mass is 9.86. The number of aromatic hydroxyl groups is 4. The van der Waals surface area contributed by atoms with Gasteiger partial charge in [-0.05, 0) is 26.3 Å². The van der Waals surface area contributed by atoms with Gasteiger partial charge in [0, 0.05) is 23.3 Å². The number of fused-ring (bicyclic) bond motifs is 1. The number of carbonyl (C=O) groups is 1. The largest absolute Gasteiger partial charge is 0.508 e. The van der Waals surface area contributed by atoms with Crippen LogP contribution in [0.2, 0.25) is 0 Å². The second-order valence-corrected chi connectivity index (χ2v) is 6.55. The molecular formula is C20H20O6. The number of benzene rings is 2. The molecule has 1 heterocycles. The molecule has 1 atom stereocenters. The molecular weight excluding hydrogens is 336 g/mol. The number of rotatable bonds is 3. The minimum Gasteiger partial charge on any atom is -0.508 e. The zero-order valence-corrected chi connectivity index (χ0v) is 14.5. The first kappa shape index (κ1) is 17.7. The summed E-state index contributed by atoms with van der Waals surface area (Å²) < 4.78 is 5.73. The molecule has 2 aromatic carbocycles. The highest BCUT2D eigenvalue weighted by atomic mass is 16.5. The van der Waals surface area contributed by atoms with Crippen LogP contribution < -0.4 is 4.74 Å². The number of Topliss-reactive ketones (excluding diaryl/α,β-unsaturated/α-hetero) is 1. The Labute approximate surface area is 150 Å². The molecule has 6 nitrogen and oxygen atoms in total. The van der Waals surface area contributed by atoms with E-state index in [4.69, 9.17) is 4.74 Å². The molecule has 0 aliphatic carbocycles. The van der Waals surface area contributed by atoms with Crippen LogP contribution in [0.15, 0.2) is 35.9 Å². The monoisotopic (exact) mass is 356 g/mol. The number of hydrogen-bond acceptors (Lipinski definition) is 6. The van der Waals surface area contributed by atoms with Crippen LogP contribution in [0.3, 0.4) is 0 Å². The number of carbonyl (C=O) groups excluding carboxylic acids is 1. The first-order chi connectivity index (χ1) is 12.3. The fourth-order valence-electron chi connectivity index (χ4n) is 3.05. The van der Waals surface area contributed by atoms with E-state index in [-0.39, 0.29) is 40.9 Å². The van der Waals surface area contributed by atoms with E-state index < -0.39 is 11.7 Å². The van der Waals surface area contributed by atoms with Crippen molar-refractivity contribution >= 4 is 5.78 Å². The van der Waals surface area contributed by atoms with E-state index in [1.54, 1.807) is 0 Å². The first-order valence-corrected chi connectivity index (χ1v) is 8.19. The summed E-state index contributed by atoms with van der Waals surface area (Å²) in [5, 5.41) is 39.8. The second kappa shape index (κ2) is 6.63. The molecule has 136 valence electrons. The van der Waals surface area contributed by atoms with Crippen LogP contribution in [-0.2, 0) is 6.42 Å². The van der Waals surface area contributed by atoms with Gasteiger partial charge in [-0.2, -0.15) is 0 Å². The van der Waals surface area contributed by atoms with E-state index in [0.717, 1.165) is 17.7 Å². The molecule has 4 N–H and O–H groups in total. The van der Waals surface area contributed by atoms with Gasteiger partial charge >= 0.3 is 0 Å². The molecule has 0 amide bonds. The number of hydrogen-bond donors (Lipinski definition) is 4.